The predicted octanol–water partition coefficient (Wildman–Crippen LogP) is -0.729. The fraction of sp³-hybridized carbons (Fsp3) is 0.744. The van der Waals surface area contributed by atoms with Crippen molar-refractivity contribution < 1.29 is 92.1 Å². The number of aliphatic carboxylic acids is 4. The van der Waals surface area contributed by atoms with Gasteiger partial charge in [0, 0.05) is 57.7 Å². The predicted molar refractivity (Wildman–Crippen MR) is 238 cm³/mol. The summed E-state index contributed by atoms with van der Waals surface area (Å²) in [5.41, 5.74) is 0. The molecule has 0 aromatic rings. The molecular weight excluding hydrogens is 904 g/mol. The average Bonchev–Trinajstić information content (AvgIpc) is 3.27. The Morgan fingerprint density at radius 3 is 1.26 bits per heavy atom. The van der Waals surface area contributed by atoms with Crippen LogP contribution >= 0.6 is 0 Å². The van der Waals surface area contributed by atoms with Gasteiger partial charge in [-0.2, -0.15) is 0 Å². The number of unbranched alkanes of at least 4 members (excludes halogenated alkanes) is 4. The number of nitrogens with one attached hydrogen (secondary N) is 6. The monoisotopic (exact) mass is 976 g/mol. The van der Waals surface area contributed by atoms with Gasteiger partial charge in [0.1, 0.15) is 37.1 Å². The van der Waals surface area contributed by atoms with Gasteiger partial charge in [0.2, 0.25) is 35.4 Å². The van der Waals surface area contributed by atoms with Gasteiger partial charge in [-0.25, -0.2) is 14.4 Å². The Morgan fingerprint density at radius 2 is 0.794 bits per heavy atom. The number of rotatable bonds is 44. The lowest BCUT2D eigenvalue weighted by molar-refractivity contribution is -0.144. The fourth-order valence-electron chi connectivity index (χ4n) is 5.81. The Kier molecular flexibility index (Phi) is 35.9. The topological polar surface area (TPSA) is 378 Å². The number of ether oxygens (including phenoxy) is 4. The first-order valence-electron chi connectivity index (χ1n) is 22.7. The van der Waals surface area contributed by atoms with E-state index in [2.05, 4.69) is 31.9 Å². The molecule has 0 aromatic carbocycles. The van der Waals surface area contributed by atoms with E-state index in [-0.39, 0.29) is 116 Å². The average molecular weight is 977 g/mol. The third-order valence-electron chi connectivity index (χ3n) is 9.85. The fourth-order valence-corrected chi connectivity index (χ4v) is 5.81. The van der Waals surface area contributed by atoms with Gasteiger partial charge in [-0.05, 0) is 51.9 Å². The van der Waals surface area contributed by atoms with Crippen LogP contribution in [0.5, 0.6) is 0 Å². The molecule has 68 heavy (non-hydrogen) atoms. The van der Waals surface area contributed by atoms with Gasteiger partial charge in [0.05, 0.1) is 39.6 Å². The second kappa shape index (κ2) is 39.2. The van der Waals surface area contributed by atoms with Crippen LogP contribution in [-0.2, 0) is 71.7 Å². The van der Waals surface area contributed by atoms with Gasteiger partial charge >= 0.3 is 23.9 Å². The van der Waals surface area contributed by atoms with Crippen molar-refractivity contribution in [3.05, 3.63) is 0 Å². The Bertz CT molecular complexity index is 1600. The molecular formula is C43H72N6O19. The lowest BCUT2D eigenvalue weighted by atomic mass is 10.0. The number of hydrogen-bond donors (Lipinski definition) is 10. The van der Waals surface area contributed by atoms with Crippen LogP contribution in [0.15, 0.2) is 0 Å². The van der Waals surface area contributed by atoms with E-state index in [1.807, 2.05) is 6.92 Å². The second-order valence-corrected chi connectivity index (χ2v) is 15.7. The molecule has 0 saturated carbocycles. The van der Waals surface area contributed by atoms with E-state index in [4.69, 9.17) is 24.1 Å². The zero-order valence-corrected chi connectivity index (χ0v) is 39.1. The summed E-state index contributed by atoms with van der Waals surface area (Å²) in [5, 5.41) is 51.7. The van der Waals surface area contributed by atoms with Crippen LogP contribution in [0.4, 0.5) is 0 Å². The van der Waals surface area contributed by atoms with Gasteiger partial charge in [0.15, 0.2) is 0 Å². The number of hydrogen-bond acceptors (Lipinski definition) is 15. The number of ketones is 1. The molecule has 0 fully saturated rings. The molecule has 0 aliphatic carbocycles. The molecule has 0 saturated heterocycles. The number of Topliss-reactive ketones (excluding diaryl/α,β-unsaturated/α-hetero) is 1. The van der Waals surface area contributed by atoms with Gasteiger partial charge in [-0.3, -0.25) is 38.4 Å². The summed E-state index contributed by atoms with van der Waals surface area (Å²) in [6.07, 6.45) is 3.06. The van der Waals surface area contributed by atoms with Gasteiger partial charge in [-0.1, -0.05) is 26.2 Å². The molecule has 388 valence electrons. The highest BCUT2D eigenvalue weighted by atomic mass is 16.5. The molecule has 0 spiro atoms. The summed E-state index contributed by atoms with van der Waals surface area (Å²) in [7, 11) is 0. The number of carboxylic acid groups (broad SMARTS) is 4. The Morgan fingerprint density at radius 1 is 0.397 bits per heavy atom. The molecule has 25 heteroatoms. The van der Waals surface area contributed by atoms with Crippen LogP contribution < -0.4 is 31.9 Å². The Labute approximate surface area is 395 Å². The molecule has 0 heterocycles. The zero-order chi connectivity index (χ0) is 51.1. The van der Waals surface area contributed by atoms with Crippen molar-refractivity contribution in [1.29, 1.82) is 0 Å². The molecule has 4 atom stereocenters. The van der Waals surface area contributed by atoms with E-state index in [1.54, 1.807) is 0 Å². The van der Waals surface area contributed by atoms with Crippen LogP contribution in [0.25, 0.3) is 0 Å². The smallest absolute Gasteiger partial charge is 0.326 e. The first-order chi connectivity index (χ1) is 32.3. The summed E-state index contributed by atoms with van der Waals surface area (Å²) in [4.78, 5) is 130. The number of amides is 6. The van der Waals surface area contributed by atoms with Crippen LogP contribution in [0.1, 0.15) is 110 Å². The molecule has 0 aromatic heterocycles. The van der Waals surface area contributed by atoms with Crippen LogP contribution in [0.2, 0.25) is 0 Å². The molecule has 6 amide bonds. The highest BCUT2D eigenvalue weighted by molar-refractivity contribution is 5.87. The van der Waals surface area contributed by atoms with Crippen molar-refractivity contribution in [3.8, 4) is 0 Å². The van der Waals surface area contributed by atoms with Crippen molar-refractivity contribution in [3.63, 3.8) is 0 Å². The third kappa shape index (κ3) is 36.3. The molecule has 0 rings (SSSR count). The second-order valence-electron chi connectivity index (χ2n) is 15.7. The minimum Gasteiger partial charge on any atom is -0.481 e. The van der Waals surface area contributed by atoms with Crippen molar-refractivity contribution >= 4 is 65.1 Å². The minimum absolute atomic E-state index is 0.0376. The van der Waals surface area contributed by atoms with Crippen LogP contribution in [0, 0.1) is 5.92 Å². The van der Waals surface area contributed by atoms with Crippen molar-refractivity contribution in [2.24, 2.45) is 5.92 Å². The first kappa shape index (κ1) is 62.2. The normalized spacial score (nSPS) is 12.6. The molecule has 0 radical (unpaired) electrons. The molecule has 0 unspecified atom stereocenters. The molecule has 0 aliphatic rings. The SMILES string of the molecule is CC(=O)[C@@H](C)CCCCNC(=O)CC[C@H](NC(=O)CC[C@H](NC(=O)COCCOCCNC(=O)COCCOCCNC(=O)CC[C@H](NC(=O)CCCCCCC(=O)O)C(=O)O)C(=O)O)C(=O)O. The van der Waals surface area contributed by atoms with Gasteiger partial charge in [0.25, 0.3) is 0 Å². The van der Waals surface area contributed by atoms with Crippen molar-refractivity contribution in [2.75, 3.05) is 72.5 Å². The van der Waals surface area contributed by atoms with Crippen LogP contribution in [0.3, 0.4) is 0 Å². The quantitative estimate of drug-likeness (QED) is 0.0337. The lowest BCUT2D eigenvalue weighted by Crippen LogP contribution is -2.45. The van der Waals surface area contributed by atoms with E-state index < -0.39 is 90.5 Å². The first-order valence-corrected chi connectivity index (χ1v) is 22.7. The number of carboxylic acids is 4. The summed E-state index contributed by atoms with van der Waals surface area (Å²) < 4.78 is 21.1. The van der Waals surface area contributed by atoms with E-state index in [1.165, 1.54) is 6.92 Å². The molecule has 25 nitrogen and oxygen atoms in total. The largest absolute Gasteiger partial charge is 0.481 e. The Balaban J connectivity index is 4.04. The maximum absolute atomic E-state index is 12.4. The van der Waals surface area contributed by atoms with Crippen molar-refractivity contribution in [1.82, 2.24) is 31.9 Å². The number of carbonyl (C=O) groups excluding carboxylic acids is 7. The van der Waals surface area contributed by atoms with Crippen molar-refractivity contribution in [2.45, 2.75) is 128 Å². The minimum atomic E-state index is -1.47. The maximum Gasteiger partial charge on any atom is 0.326 e. The van der Waals surface area contributed by atoms with Gasteiger partial charge in [-0.15, -0.1) is 0 Å². The maximum atomic E-state index is 12.4. The zero-order valence-electron chi connectivity index (χ0n) is 39.1. The summed E-state index contributed by atoms with van der Waals surface area (Å²) in [6.45, 7) is 3.61. The van der Waals surface area contributed by atoms with Gasteiger partial charge < -0.3 is 71.3 Å². The summed E-state index contributed by atoms with van der Waals surface area (Å²) in [5.74, 6) is -8.23. The standard InChI is InChI=1S/C43H72N6O19/c1-29(30(2)50)9-7-8-18-44-34(51)15-12-32(42(61)62)48-37(54)17-14-33(43(63)64)49-39(56)28-68-26-24-66-22-20-46-38(55)27-67-25-23-65-21-19-45-35(52)16-13-31(41(59)60)47-36(53)10-5-3-4-6-11-40(57)58/h29,31-33H,3-28H2,1-2H3,(H,44,51)(H,45,52)(H,46,55)(H,47,53)(H,48,54)(H,49,56)(H,57,58)(H,59,60)(H,61,62)(H,63,64)/t29-,31-,32-,33-/m0/s1. The summed E-state index contributed by atoms with van der Waals surface area (Å²) in [6, 6.07) is -4.11. The highest BCUT2D eigenvalue weighted by Crippen LogP contribution is 2.09. The van der Waals surface area contributed by atoms with E-state index in [0.29, 0.717) is 45.1 Å². The summed E-state index contributed by atoms with van der Waals surface area (Å²) >= 11 is 0. The van der Waals surface area contributed by atoms with E-state index in [0.717, 1.165) is 6.42 Å². The third-order valence-corrected chi connectivity index (χ3v) is 9.85. The lowest BCUT2D eigenvalue weighted by Gasteiger charge is -2.17. The highest BCUT2D eigenvalue weighted by Gasteiger charge is 2.25. The molecule has 10 N–H and O–H groups in total. The van der Waals surface area contributed by atoms with Crippen LogP contribution in [-0.4, -0.2) is 176 Å². The van der Waals surface area contributed by atoms with E-state index in [9.17, 15) is 68.1 Å². The Hall–Kier alpha value is -5.79. The van der Waals surface area contributed by atoms with E-state index >= 15 is 0 Å². The molecule has 0 bridgehead atoms. The molecule has 0 aliphatic heterocycles. The number of carbonyl (C=O) groups is 11.